The summed E-state index contributed by atoms with van der Waals surface area (Å²) in [6.45, 7) is 0. The number of halogens is 7. The van der Waals surface area contributed by atoms with Gasteiger partial charge in [-0.15, -0.1) is 22.7 Å². The molecule has 4 aromatic rings. The van der Waals surface area contributed by atoms with Crippen molar-refractivity contribution in [2.45, 2.75) is 20.8 Å². The van der Waals surface area contributed by atoms with Crippen LogP contribution in [0.4, 0.5) is 26.3 Å². The van der Waals surface area contributed by atoms with E-state index < -0.39 is 11.0 Å². The van der Waals surface area contributed by atoms with Gasteiger partial charge < -0.3 is 0 Å². The number of hydrogen-bond donors (Lipinski definition) is 1. The van der Waals surface area contributed by atoms with Crippen molar-refractivity contribution in [3.63, 3.8) is 0 Å². The molecule has 0 atom stereocenters. The van der Waals surface area contributed by atoms with Crippen LogP contribution >= 0.6 is 74.9 Å². The van der Waals surface area contributed by atoms with Crippen LogP contribution in [0.25, 0.3) is 20.9 Å². The van der Waals surface area contributed by atoms with E-state index in [2.05, 4.69) is 40.7 Å². The Hall–Kier alpha value is -1.19. The monoisotopic (exact) mass is 656 g/mol. The molecule has 4 rings (SSSR count). The molecule has 14 heteroatoms. The molecule has 1 radical (unpaired) electrons. The van der Waals surface area contributed by atoms with Gasteiger partial charge in [-0.3, -0.25) is 0 Å². The van der Waals surface area contributed by atoms with Gasteiger partial charge in [-0.05, 0) is 98.4 Å². The minimum atomic E-state index is -4.24. The van der Waals surface area contributed by atoms with E-state index >= 15 is 0 Å². The normalized spacial score (nSPS) is 11.1. The van der Waals surface area contributed by atoms with Gasteiger partial charge in [0.2, 0.25) is 0 Å². The predicted molar refractivity (Wildman–Crippen MR) is 148 cm³/mol. The molecule has 189 valence electrons. The van der Waals surface area contributed by atoms with Crippen LogP contribution < -0.4 is 0 Å². The van der Waals surface area contributed by atoms with Crippen LogP contribution in [0.3, 0.4) is 0 Å². The Balaban J connectivity index is 0.000000229. The summed E-state index contributed by atoms with van der Waals surface area (Å²) in [5.41, 5.74) is -6.85. The first kappa shape index (κ1) is 31.0. The molecule has 0 bridgehead atoms. The molecule has 36 heavy (non-hydrogen) atoms. The van der Waals surface area contributed by atoms with Crippen molar-refractivity contribution >= 4 is 82.6 Å². The van der Waals surface area contributed by atoms with Crippen LogP contribution in [-0.4, -0.2) is 18.7 Å². The number of thioether (sulfide) groups is 2. The fraction of sp³-hybridized carbons (Fsp3) is 0.0909. The second-order valence-electron chi connectivity index (χ2n) is 6.35. The summed E-state index contributed by atoms with van der Waals surface area (Å²) in [6, 6.07) is 20.5. The molecule has 0 unspecified atom stereocenters. The summed E-state index contributed by atoms with van der Waals surface area (Å²) in [7, 11) is 4.34. The Kier molecular flexibility index (Phi) is 12.6. The maximum atomic E-state index is 12.2. The summed E-state index contributed by atoms with van der Waals surface area (Å²) in [5.74, 6) is 0. The molecule has 0 N–H and O–H groups in total. The molecule has 0 saturated heterocycles. The molecule has 0 amide bonds. The van der Waals surface area contributed by atoms with Crippen molar-refractivity contribution in [2.24, 2.45) is 4.30 Å². The molecular weight excluding hydrogens is 643 g/mol. The number of nitrogens with zero attached hydrogens (tertiary/aromatic N) is 1. The molecule has 0 aliphatic carbocycles. The first-order valence-electron chi connectivity index (χ1n) is 9.45. The summed E-state index contributed by atoms with van der Waals surface area (Å²) in [4.78, 5) is 2.35. The number of thiol groups is 1. The van der Waals surface area contributed by atoms with E-state index in [9.17, 15) is 26.3 Å². The molecule has 0 aliphatic rings. The zero-order chi connectivity index (χ0) is 26.8. The fourth-order valence-electron chi connectivity index (χ4n) is 2.61. The minimum absolute atomic E-state index is 0.0832. The van der Waals surface area contributed by atoms with E-state index in [1.165, 1.54) is 34.8 Å². The Morgan fingerprint density at radius 3 is 1.64 bits per heavy atom. The summed E-state index contributed by atoms with van der Waals surface area (Å²) in [5, 5.41) is 1.90. The number of benzene rings is 2. The van der Waals surface area contributed by atoms with Gasteiger partial charge in [-0.1, -0.05) is 30.3 Å². The van der Waals surface area contributed by atoms with Gasteiger partial charge in [0, 0.05) is 19.5 Å². The van der Waals surface area contributed by atoms with Gasteiger partial charge in [0.25, 0.3) is 0 Å². The number of hydrogen-bond acceptors (Lipinski definition) is 6. The van der Waals surface area contributed by atoms with Gasteiger partial charge >= 0.3 is 35.8 Å². The van der Waals surface area contributed by atoms with E-state index in [0.717, 1.165) is 24.7 Å². The second-order valence-corrected chi connectivity index (χ2v) is 12.3. The Morgan fingerprint density at radius 2 is 1.25 bits per heavy atom. The van der Waals surface area contributed by atoms with E-state index in [4.69, 9.17) is 0 Å². The number of thiophene rings is 2. The quantitative estimate of drug-likeness (QED) is 0.102. The number of alkyl halides is 6. The molecular formula is C22H14BBrF6NS5. The summed E-state index contributed by atoms with van der Waals surface area (Å²) < 4.78 is 76.9. The van der Waals surface area contributed by atoms with Crippen LogP contribution in [-0.2, 0) is 0 Å². The Morgan fingerprint density at radius 1 is 0.750 bits per heavy atom. The molecule has 2 aromatic carbocycles. The Labute approximate surface area is 235 Å². The van der Waals surface area contributed by atoms with Gasteiger partial charge in [-0.2, -0.15) is 26.3 Å². The maximum absolute atomic E-state index is 12.2. The molecule has 0 fully saturated rings. The third kappa shape index (κ3) is 11.9. The van der Waals surface area contributed by atoms with E-state index in [-0.39, 0.29) is 33.3 Å². The van der Waals surface area contributed by atoms with Crippen molar-refractivity contribution in [1.29, 1.82) is 0 Å². The van der Waals surface area contributed by atoms with Crippen LogP contribution in [0.5, 0.6) is 0 Å². The standard InChI is InChI=1S/C11H6BrF3S2.C11H7F3S2.BHNS/c12-10-5-4-9(16-10)7-2-1-3-8(6-7)17-11(13,14)15;12-11(13,14)16-9-4-1-3-8(7-9)10-5-2-6-15-10;1-2-3/h1-6H;1-7H;3H. The van der Waals surface area contributed by atoms with Gasteiger partial charge in [0.05, 0.1) is 3.79 Å². The van der Waals surface area contributed by atoms with Gasteiger partial charge in [-0.25, -0.2) is 0 Å². The second kappa shape index (κ2) is 14.7. The zero-order valence-electron chi connectivity index (χ0n) is 17.8. The molecule has 1 nitrogen and oxygen atoms in total. The number of rotatable bonds is 4. The third-order valence-electron chi connectivity index (χ3n) is 3.80. The van der Waals surface area contributed by atoms with E-state index in [1.807, 2.05) is 35.7 Å². The average molecular weight is 657 g/mol. The molecule has 0 aliphatic heterocycles. The van der Waals surface area contributed by atoms with Gasteiger partial charge in [0.1, 0.15) is 0 Å². The topological polar surface area (TPSA) is 12.4 Å². The van der Waals surface area contributed by atoms with Crippen LogP contribution in [0.15, 0.2) is 96.1 Å². The van der Waals surface area contributed by atoms with Crippen LogP contribution in [0, 0.1) is 0 Å². The van der Waals surface area contributed by atoms with Crippen molar-refractivity contribution < 1.29 is 26.3 Å². The van der Waals surface area contributed by atoms with E-state index in [0.29, 0.717) is 0 Å². The SMILES string of the molecule is FC(F)(F)Sc1cccc(-c2ccc(Br)s2)c1.FC(F)(F)Sc1cccc(-c2cccs2)c1.[B]=NS. The van der Waals surface area contributed by atoms with Crippen molar-refractivity contribution in [3.8, 4) is 20.9 Å². The first-order chi connectivity index (χ1) is 16.9. The van der Waals surface area contributed by atoms with Crippen LogP contribution in [0.1, 0.15) is 0 Å². The average Bonchev–Trinajstić information content (AvgIpc) is 3.45. The molecule has 2 heterocycles. The Bertz CT molecular complexity index is 1230. The molecule has 2 aromatic heterocycles. The van der Waals surface area contributed by atoms with Crippen LogP contribution in [0.2, 0.25) is 0 Å². The summed E-state index contributed by atoms with van der Waals surface area (Å²) >= 11 is 9.35. The summed E-state index contributed by atoms with van der Waals surface area (Å²) in [6.07, 6.45) is 0. The van der Waals surface area contributed by atoms with E-state index in [1.54, 1.807) is 30.3 Å². The fourth-order valence-corrected chi connectivity index (χ4v) is 5.91. The predicted octanol–water partition coefficient (Wildman–Crippen LogP) is 11.0. The van der Waals surface area contributed by atoms with Crippen molar-refractivity contribution in [1.82, 2.24) is 0 Å². The molecule has 0 saturated carbocycles. The zero-order valence-corrected chi connectivity index (χ0v) is 23.5. The molecule has 0 spiro atoms. The van der Waals surface area contributed by atoms with Gasteiger partial charge in [0.15, 0.2) is 0 Å². The third-order valence-corrected chi connectivity index (χ3v) is 7.83. The van der Waals surface area contributed by atoms with Crippen molar-refractivity contribution in [2.75, 3.05) is 0 Å². The van der Waals surface area contributed by atoms with Crippen molar-refractivity contribution in [3.05, 3.63) is 82.0 Å². The first-order valence-corrected chi connectivity index (χ1v) is 14.0.